The zero-order valence-corrected chi connectivity index (χ0v) is 14.3. The Labute approximate surface area is 128 Å². The summed E-state index contributed by atoms with van der Waals surface area (Å²) >= 11 is 9.43. The third-order valence-electron chi connectivity index (χ3n) is 3.08. The first-order valence-corrected chi connectivity index (χ1v) is 9.21. The van der Waals surface area contributed by atoms with E-state index in [1.165, 1.54) is 0 Å². The average Bonchev–Trinajstić information content (AvgIpc) is 2.38. The zero-order valence-electron chi connectivity index (χ0n) is 11.1. The number of rotatable bonds is 7. The van der Waals surface area contributed by atoms with Gasteiger partial charge in [-0.15, -0.1) is 0 Å². The molecule has 1 N–H and O–H groups in total. The Balaban J connectivity index is 2.66. The van der Waals surface area contributed by atoms with Gasteiger partial charge in [0, 0.05) is 16.3 Å². The van der Waals surface area contributed by atoms with Gasteiger partial charge in [-0.25, -0.2) is 8.42 Å². The van der Waals surface area contributed by atoms with Crippen LogP contribution in [0.3, 0.4) is 0 Å². The van der Waals surface area contributed by atoms with Crippen molar-refractivity contribution in [3.05, 3.63) is 33.3 Å². The molecule has 0 aliphatic rings. The number of benzene rings is 1. The molecule has 0 spiro atoms. The van der Waals surface area contributed by atoms with Crippen LogP contribution < -0.4 is 5.32 Å². The van der Waals surface area contributed by atoms with Crippen LogP contribution in [0, 0.1) is 0 Å². The second-order valence-electron chi connectivity index (χ2n) is 4.39. The van der Waals surface area contributed by atoms with Crippen LogP contribution in [0.15, 0.2) is 22.7 Å². The minimum Gasteiger partial charge on any atom is -0.313 e. The summed E-state index contributed by atoms with van der Waals surface area (Å²) in [6, 6.07) is 5.93. The monoisotopic (exact) mass is 367 g/mol. The lowest BCUT2D eigenvalue weighted by Gasteiger charge is -2.17. The molecular weight excluding hydrogens is 350 g/mol. The maximum atomic E-state index is 11.5. The second kappa shape index (κ2) is 7.62. The SMILES string of the molecule is CCS(=O)(=O)CCCC(NC)c1ccc(Br)c(Cl)c1. The van der Waals surface area contributed by atoms with Crippen molar-refractivity contribution in [3.8, 4) is 0 Å². The first-order valence-electron chi connectivity index (χ1n) is 6.22. The molecule has 0 radical (unpaired) electrons. The van der Waals surface area contributed by atoms with Crippen molar-refractivity contribution in [2.24, 2.45) is 0 Å². The summed E-state index contributed by atoms with van der Waals surface area (Å²) in [4.78, 5) is 0. The average molecular weight is 369 g/mol. The number of hydrogen-bond donors (Lipinski definition) is 1. The molecule has 0 aliphatic carbocycles. The van der Waals surface area contributed by atoms with Crippen molar-refractivity contribution in [1.82, 2.24) is 5.32 Å². The molecular formula is C13H19BrClNO2S. The highest BCUT2D eigenvalue weighted by Gasteiger charge is 2.13. The third-order valence-corrected chi connectivity index (χ3v) is 6.11. The van der Waals surface area contributed by atoms with Crippen molar-refractivity contribution in [2.45, 2.75) is 25.8 Å². The zero-order chi connectivity index (χ0) is 14.5. The summed E-state index contributed by atoms with van der Waals surface area (Å²) in [5, 5.41) is 3.87. The van der Waals surface area contributed by atoms with Gasteiger partial charge in [0.15, 0.2) is 0 Å². The fourth-order valence-corrected chi connectivity index (χ4v) is 3.19. The topological polar surface area (TPSA) is 46.2 Å². The molecule has 0 saturated heterocycles. The Morgan fingerprint density at radius 3 is 2.63 bits per heavy atom. The lowest BCUT2D eigenvalue weighted by atomic mass is 10.0. The van der Waals surface area contributed by atoms with E-state index >= 15 is 0 Å². The summed E-state index contributed by atoms with van der Waals surface area (Å²) in [6.07, 6.45) is 1.42. The van der Waals surface area contributed by atoms with E-state index in [1.807, 2.05) is 25.2 Å². The molecule has 0 saturated carbocycles. The molecule has 1 atom stereocenters. The Kier molecular flexibility index (Phi) is 6.80. The van der Waals surface area contributed by atoms with Crippen molar-refractivity contribution in [3.63, 3.8) is 0 Å². The summed E-state index contributed by atoms with van der Waals surface area (Å²) in [7, 11) is -1.01. The maximum Gasteiger partial charge on any atom is 0.150 e. The number of hydrogen-bond acceptors (Lipinski definition) is 3. The molecule has 1 rings (SSSR count). The van der Waals surface area contributed by atoms with Gasteiger partial charge < -0.3 is 5.32 Å². The van der Waals surface area contributed by atoms with Crippen LogP contribution in [0.1, 0.15) is 31.4 Å². The van der Waals surface area contributed by atoms with Crippen LogP contribution >= 0.6 is 27.5 Å². The fraction of sp³-hybridized carbons (Fsp3) is 0.538. The molecule has 0 heterocycles. The van der Waals surface area contributed by atoms with Crippen LogP contribution in [0.2, 0.25) is 5.02 Å². The summed E-state index contributed by atoms with van der Waals surface area (Å²) < 4.78 is 23.8. The smallest absolute Gasteiger partial charge is 0.150 e. The van der Waals surface area contributed by atoms with Crippen LogP contribution in [-0.2, 0) is 9.84 Å². The molecule has 0 amide bonds. The number of sulfone groups is 1. The van der Waals surface area contributed by atoms with Crippen molar-refractivity contribution < 1.29 is 8.42 Å². The summed E-state index contributed by atoms with van der Waals surface area (Å²) in [5.41, 5.74) is 1.07. The van der Waals surface area contributed by atoms with E-state index in [2.05, 4.69) is 21.2 Å². The Hall–Kier alpha value is -0.100. The molecule has 1 aromatic rings. The quantitative estimate of drug-likeness (QED) is 0.800. The van der Waals surface area contributed by atoms with Gasteiger partial charge in [-0.2, -0.15) is 0 Å². The van der Waals surface area contributed by atoms with Gasteiger partial charge in [0.05, 0.1) is 10.8 Å². The molecule has 0 aromatic heterocycles. The van der Waals surface area contributed by atoms with Crippen molar-refractivity contribution in [2.75, 3.05) is 18.6 Å². The van der Waals surface area contributed by atoms with Crippen LogP contribution in [0.25, 0.3) is 0 Å². The van der Waals surface area contributed by atoms with E-state index < -0.39 is 9.84 Å². The summed E-state index contributed by atoms with van der Waals surface area (Å²) in [6.45, 7) is 1.68. The molecule has 3 nitrogen and oxygen atoms in total. The second-order valence-corrected chi connectivity index (χ2v) is 8.13. The Morgan fingerprint density at radius 1 is 1.42 bits per heavy atom. The molecule has 0 aliphatic heterocycles. The Morgan fingerprint density at radius 2 is 2.11 bits per heavy atom. The lowest BCUT2D eigenvalue weighted by Crippen LogP contribution is -2.18. The van der Waals surface area contributed by atoms with Crippen LogP contribution in [-0.4, -0.2) is 27.0 Å². The number of halogens is 2. The minimum atomic E-state index is -2.88. The predicted molar refractivity (Wildman–Crippen MR) is 84.5 cm³/mol. The molecule has 1 unspecified atom stereocenters. The molecule has 0 bridgehead atoms. The highest BCUT2D eigenvalue weighted by molar-refractivity contribution is 9.10. The van der Waals surface area contributed by atoms with Gasteiger partial charge in [-0.3, -0.25) is 0 Å². The van der Waals surface area contributed by atoms with Crippen molar-refractivity contribution >= 4 is 37.4 Å². The third kappa shape index (κ3) is 5.42. The van der Waals surface area contributed by atoms with Gasteiger partial charge in [-0.1, -0.05) is 24.6 Å². The van der Waals surface area contributed by atoms with Crippen molar-refractivity contribution in [1.29, 1.82) is 0 Å². The fourth-order valence-electron chi connectivity index (χ4n) is 1.86. The molecule has 19 heavy (non-hydrogen) atoms. The standard InChI is InChI=1S/C13H19BrClNO2S/c1-3-19(17,18)8-4-5-13(16-2)10-6-7-11(14)12(15)9-10/h6-7,9,13,16H,3-5,8H2,1-2H3. The van der Waals surface area contributed by atoms with Gasteiger partial charge in [0.2, 0.25) is 0 Å². The minimum absolute atomic E-state index is 0.123. The number of nitrogens with one attached hydrogen (secondary N) is 1. The van der Waals surface area contributed by atoms with E-state index in [1.54, 1.807) is 6.92 Å². The highest BCUT2D eigenvalue weighted by atomic mass is 79.9. The van der Waals surface area contributed by atoms with Gasteiger partial charge in [0.1, 0.15) is 9.84 Å². The van der Waals surface area contributed by atoms with Gasteiger partial charge >= 0.3 is 0 Å². The first-order chi connectivity index (χ1) is 8.89. The molecule has 1 aromatic carbocycles. The van der Waals surface area contributed by atoms with E-state index in [0.717, 1.165) is 16.5 Å². The summed E-state index contributed by atoms with van der Waals surface area (Å²) in [5.74, 6) is 0.452. The molecule has 108 valence electrons. The lowest BCUT2D eigenvalue weighted by molar-refractivity contribution is 0.535. The molecule has 6 heteroatoms. The van der Waals surface area contributed by atoms with E-state index in [9.17, 15) is 8.42 Å². The maximum absolute atomic E-state index is 11.5. The van der Waals surface area contributed by atoms with E-state index in [-0.39, 0.29) is 17.5 Å². The predicted octanol–water partition coefficient (Wildman–Crippen LogP) is 3.58. The first kappa shape index (κ1) is 17.0. The molecule has 0 fully saturated rings. The van der Waals surface area contributed by atoms with Gasteiger partial charge in [0.25, 0.3) is 0 Å². The van der Waals surface area contributed by atoms with Gasteiger partial charge in [-0.05, 0) is 53.5 Å². The Bertz CT molecular complexity index is 519. The normalized spacial score (nSPS) is 13.5. The van der Waals surface area contributed by atoms with Crippen LogP contribution in [0.4, 0.5) is 0 Å². The van der Waals surface area contributed by atoms with E-state index in [4.69, 9.17) is 11.6 Å². The highest BCUT2D eigenvalue weighted by Crippen LogP contribution is 2.27. The van der Waals surface area contributed by atoms with E-state index in [0.29, 0.717) is 11.4 Å². The van der Waals surface area contributed by atoms with Crippen LogP contribution in [0.5, 0.6) is 0 Å². The largest absolute Gasteiger partial charge is 0.313 e.